The van der Waals surface area contributed by atoms with E-state index in [4.69, 9.17) is 0 Å². The van der Waals surface area contributed by atoms with Crippen molar-refractivity contribution in [3.8, 4) is 5.75 Å². The summed E-state index contributed by atoms with van der Waals surface area (Å²) >= 11 is 0. The van der Waals surface area contributed by atoms with E-state index in [2.05, 4.69) is 19.2 Å². The van der Waals surface area contributed by atoms with Crippen LogP contribution in [0, 0.1) is 11.8 Å². The van der Waals surface area contributed by atoms with E-state index in [1.165, 1.54) is 0 Å². The fourth-order valence-corrected chi connectivity index (χ4v) is 2.61. The summed E-state index contributed by atoms with van der Waals surface area (Å²) in [7, 11) is 0. The van der Waals surface area contributed by atoms with Crippen LogP contribution in [0.1, 0.15) is 43.5 Å². The average Bonchev–Trinajstić information content (AvgIpc) is 2.34. The summed E-state index contributed by atoms with van der Waals surface area (Å²) < 4.78 is 0. The van der Waals surface area contributed by atoms with Gasteiger partial charge in [-0.25, -0.2) is 0 Å². The molecular formula is C15H21NO2. The molecule has 0 bridgehead atoms. The molecule has 1 aromatic carbocycles. The Balaban J connectivity index is 1.98. The summed E-state index contributed by atoms with van der Waals surface area (Å²) in [5.41, 5.74) is 0.365. The number of phenolic OH excluding ortho intramolecular Hbond substituents is 1. The molecule has 98 valence electrons. The minimum absolute atomic E-state index is 0.0484. The lowest BCUT2D eigenvalue weighted by Gasteiger charge is -2.32. The van der Waals surface area contributed by atoms with Gasteiger partial charge in [0.25, 0.3) is 5.91 Å². The Hall–Kier alpha value is -1.51. The Bertz CT molecular complexity index is 430. The normalized spacial score (nSPS) is 27.8. The molecule has 18 heavy (non-hydrogen) atoms. The first kappa shape index (κ1) is 12.9. The monoisotopic (exact) mass is 247 g/mol. The third-order valence-corrected chi connectivity index (χ3v) is 4.08. The molecule has 1 saturated carbocycles. The van der Waals surface area contributed by atoms with Crippen molar-refractivity contribution < 1.29 is 9.90 Å². The first-order chi connectivity index (χ1) is 8.58. The number of carbonyl (C=O) groups is 1. The van der Waals surface area contributed by atoms with Crippen molar-refractivity contribution >= 4 is 5.91 Å². The first-order valence-corrected chi connectivity index (χ1v) is 6.66. The van der Waals surface area contributed by atoms with E-state index < -0.39 is 0 Å². The number of para-hydroxylation sites is 1. The molecule has 0 spiro atoms. The molecular weight excluding hydrogens is 226 g/mol. The van der Waals surface area contributed by atoms with E-state index in [0.29, 0.717) is 11.5 Å². The molecule has 0 aliphatic heterocycles. The van der Waals surface area contributed by atoms with Crippen LogP contribution in [0.3, 0.4) is 0 Å². The zero-order chi connectivity index (χ0) is 13.1. The summed E-state index contributed by atoms with van der Waals surface area (Å²) in [5.74, 6) is 1.27. The third kappa shape index (κ3) is 2.84. The predicted octanol–water partition coefficient (Wildman–Crippen LogP) is 2.95. The van der Waals surface area contributed by atoms with Gasteiger partial charge in [0.1, 0.15) is 5.75 Å². The zero-order valence-corrected chi connectivity index (χ0v) is 11.0. The number of aromatic hydroxyl groups is 1. The highest BCUT2D eigenvalue weighted by atomic mass is 16.3. The van der Waals surface area contributed by atoms with Crippen molar-refractivity contribution in [2.75, 3.05) is 0 Å². The van der Waals surface area contributed by atoms with Gasteiger partial charge in [0.05, 0.1) is 5.56 Å². The fraction of sp³-hybridized carbons (Fsp3) is 0.533. The van der Waals surface area contributed by atoms with Crippen LogP contribution in [-0.2, 0) is 0 Å². The van der Waals surface area contributed by atoms with Crippen LogP contribution < -0.4 is 5.32 Å². The molecule has 1 aliphatic carbocycles. The van der Waals surface area contributed by atoms with E-state index in [1.54, 1.807) is 24.3 Å². The summed E-state index contributed by atoms with van der Waals surface area (Å²) in [5, 5.41) is 12.7. The maximum atomic E-state index is 12.1. The molecule has 1 fully saturated rings. The average molecular weight is 247 g/mol. The van der Waals surface area contributed by atoms with Gasteiger partial charge < -0.3 is 10.4 Å². The lowest BCUT2D eigenvalue weighted by Crippen LogP contribution is -2.39. The highest BCUT2D eigenvalue weighted by Crippen LogP contribution is 2.29. The molecule has 2 N–H and O–H groups in total. The summed E-state index contributed by atoms with van der Waals surface area (Å²) in [4.78, 5) is 12.1. The Morgan fingerprint density at radius 1 is 1.22 bits per heavy atom. The number of benzene rings is 1. The zero-order valence-electron chi connectivity index (χ0n) is 11.0. The maximum Gasteiger partial charge on any atom is 0.255 e. The standard InChI is InChI=1S/C15H21NO2/c1-10-7-8-12(9-11(10)2)16-15(18)13-5-3-4-6-14(13)17/h3-6,10-12,17H,7-9H2,1-2H3,(H,16,18). The van der Waals surface area contributed by atoms with Crippen LogP contribution >= 0.6 is 0 Å². The molecule has 3 atom stereocenters. The first-order valence-electron chi connectivity index (χ1n) is 6.66. The van der Waals surface area contributed by atoms with Crippen LogP contribution in [0.2, 0.25) is 0 Å². The maximum absolute atomic E-state index is 12.1. The number of phenols is 1. The van der Waals surface area contributed by atoms with Crippen LogP contribution in [-0.4, -0.2) is 17.1 Å². The van der Waals surface area contributed by atoms with E-state index in [9.17, 15) is 9.90 Å². The molecule has 0 heterocycles. The number of hydrogen-bond acceptors (Lipinski definition) is 2. The van der Waals surface area contributed by atoms with Crippen molar-refractivity contribution in [1.82, 2.24) is 5.32 Å². The number of nitrogens with one attached hydrogen (secondary N) is 1. The summed E-state index contributed by atoms with van der Waals surface area (Å²) in [6.07, 6.45) is 3.22. The second-order valence-electron chi connectivity index (χ2n) is 5.46. The van der Waals surface area contributed by atoms with Gasteiger partial charge in [0.2, 0.25) is 0 Å². The third-order valence-electron chi connectivity index (χ3n) is 4.08. The van der Waals surface area contributed by atoms with Gasteiger partial charge in [-0.05, 0) is 43.2 Å². The Morgan fingerprint density at radius 3 is 2.61 bits per heavy atom. The van der Waals surface area contributed by atoms with Gasteiger partial charge >= 0.3 is 0 Å². The minimum atomic E-state index is -0.167. The van der Waals surface area contributed by atoms with Crippen molar-refractivity contribution in [3.63, 3.8) is 0 Å². The van der Waals surface area contributed by atoms with E-state index in [1.807, 2.05) is 0 Å². The largest absolute Gasteiger partial charge is 0.507 e. The molecule has 0 radical (unpaired) electrons. The molecule has 3 heteroatoms. The Labute approximate surface area is 108 Å². The molecule has 3 unspecified atom stereocenters. The van der Waals surface area contributed by atoms with Crippen molar-refractivity contribution in [1.29, 1.82) is 0 Å². The van der Waals surface area contributed by atoms with Crippen molar-refractivity contribution in [3.05, 3.63) is 29.8 Å². The predicted molar refractivity (Wildman–Crippen MR) is 71.5 cm³/mol. The van der Waals surface area contributed by atoms with E-state index in [-0.39, 0.29) is 17.7 Å². The Kier molecular flexibility index (Phi) is 3.90. The van der Waals surface area contributed by atoms with Gasteiger partial charge in [0.15, 0.2) is 0 Å². The van der Waals surface area contributed by atoms with Gasteiger partial charge in [-0.15, -0.1) is 0 Å². The summed E-state index contributed by atoms with van der Waals surface area (Å²) in [6, 6.07) is 6.92. The van der Waals surface area contributed by atoms with Crippen LogP contribution in [0.25, 0.3) is 0 Å². The van der Waals surface area contributed by atoms with Crippen molar-refractivity contribution in [2.45, 2.75) is 39.2 Å². The second kappa shape index (κ2) is 5.42. The van der Waals surface area contributed by atoms with E-state index >= 15 is 0 Å². The number of hydrogen-bond donors (Lipinski definition) is 2. The van der Waals surface area contributed by atoms with Crippen LogP contribution in [0.5, 0.6) is 5.75 Å². The molecule has 0 aromatic heterocycles. The minimum Gasteiger partial charge on any atom is -0.507 e. The molecule has 1 aliphatic rings. The number of rotatable bonds is 2. The summed E-state index contributed by atoms with van der Waals surface area (Å²) in [6.45, 7) is 4.51. The lowest BCUT2D eigenvalue weighted by atomic mass is 9.79. The quantitative estimate of drug-likeness (QED) is 0.844. The molecule has 1 amide bonds. The topological polar surface area (TPSA) is 49.3 Å². The lowest BCUT2D eigenvalue weighted by molar-refractivity contribution is 0.0908. The number of amides is 1. The Morgan fingerprint density at radius 2 is 1.94 bits per heavy atom. The van der Waals surface area contributed by atoms with Gasteiger partial charge in [-0.1, -0.05) is 26.0 Å². The van der Waals surface area contributed by atoms with Gasteiger partial charge in [-0.2, -0.15) is 0 Å². The number of carbonyl (C=O) groups excluding carboxylic acids is 1. The van der Waals surface area contributed by atoms with Gasteiger partial charge in [0, 0.05) is 6.04 Å². The fourth-order valence-electron chi connectivity index (χ4n) is 2.61. The molecule has 3 nitrogen and oxygen atoms in total. The highest BCUT2D eigenvalue weighted by Gasteiger charge is 2.26. The van der Waals surface area contributed by atoms with Crippen LogP contribution in [0.15, 0.2) is 24.3 Å². The van der Waals surface area contributed by atoms with E-state index in [0.717, 1.165) is 25.2 Å². The highest BCUT2D eigenvalue weighted by molar-refractivity contribution is 5.96. The molecule has 0 saturated heterocycles. The molecule has 2 rings (SSSR count). The smallest absolute Gasteiger partial charge is 0.255 e. The SMILES string of the molecule is CC1CCC(NC(=O)c2ccccc2O)CC1C. The van der Waals surface area contributed by atoms with Crippen molar-refractivity contribution in [2.24, 2.45) is 11.8 Å². The van der Waals surface area contributed by atoms with Crippen LogP contribution in [0.4, 0.5) is 0 Å². The molecule has 1 aromatic rings. The second-order valence-corrected chi connectivity index (χ2v) is 5.46. The van der Waals surface area contributed by atoms with Gasteiger partial charge in [-0.3, -0.25) is 4.79 Å².